The second kappa shape index (κ2) is 6.98. The lowest BCUT2D eigenvalue weighted by molar-refractivity contribution is 0.0583. The predicted octanol–water partition coefficient (Wildman–Crippen LogP) is 2.17. The van der Waals surface area contributed by atoms with Crippen molar-refractivity contribution in [2.75, 3.05) is 19.6 Å². The molecular weight excluding hydrogens is 352 g/mol. The number of hydrogen-bond acceptors (Lipinski definition) is 5. The van der Waals surface area contributed by atoms with E-state index in [1.165, 1.54) is 6.42 Å². The van der Waals surface area contributed by atoms with E-state index in [9.17, 15) is 4.79 Å². The third-order valence-electron chi connectivity index (χ3n) is 6.05. The lowest BCUT2D eigenvalue weighted by Gasteiger charge is -2.36. The van der Waals surface area contributed by atoms with E-state index >= 15 is 0 Å². The SMILES string of the molecule is Cc1c(C(=O)N2C[C@H]3CC[C@@H]2CN(Cc2ccccn2)C3)cnc2ccnn12. The Bertz CT molecular complexity index is 1000. The Morgan fingerprint density at radius 1 is 1.11 bits per heavy atom. The van der Waals surface area contributed by atoms with Crippen LogP contribution in [0.15, 0.2) is 42.9 Å². The number of piperidine rings is 1. The van der Waals surface area contributed by atoms with Crippen molar-refractivity contribution in [1.29, 1.82) is 0 Å². The van der Waals surface area contributed by atoms with Gasteiger partial charge in [0.15, 0.2) is 5.65 Å². The third kappa shape index (κ3) is 3.05. The fourth-order valence-corrected chi connectivity index (χ4v) is 4.63. The summed E-state index contributed by atoms with van der Waals surface area (Å²) in [5.74, 6) is 0.588. The van der Waals surface area contributed by atoms with Crippen LogP contribution >= 0.6 is 0 Å². The van der Waals surface area contributed by atoms with E-state index in [0.717, 1.165) is 49.6 Å². The molecule has 1 amide bonds. The molecule has 0 aromatic carbocycles. The topological polar surface area (TPSA) is 66.6 Å². The van der Waals surface area contributed by atoms with Crippen LogP contribution in [0.5, 0.6) is 0 Å². The normalized spacial score (nSPS) is 22.5. The van der Waals surface area contributed by atoms with Crippen LogP contribution in [0.4, 0.5) is 0 Å². The summed E-state index contributed by atoms with van der Waals surface area (Å²) < 4.78 is 1.75. The molecule has 3 aromatic rings. The summed E-state index contributed by atoms with van der Waals surface area (Å²) in [6.07, 6.45) is 7.51. The molecule has 0 N–H and O–H groups in total. The van der Waals surface area contributed by atoms with Crippen molar-refractivity contribution in [2.45, 2.75) is 32.4 Å². The van der Waals surface area contributed by atoms with Crippen LogP contribution in [0.2, 0.25) is 0 Å². The molecule has 3 aliphatic rings. The molecule has 0 unspecified atom stereocenters. The molecule has 7 nitrogen and oxygen atoms in total. The zero-order valence-electron chi connectivity index (χ0n) is 16.0. The zero-order valence-corrected chi connectivity index (χ0v) is 16.0. The molecule has 3 aromatic heterocycles. The molecule has 28 heavy (non-hydrogen) atoms. The van der Waals surface area contributed by atoms with Crippen LogP contribution in [0.25, 0.3) is 5.65 Å². The average Bonchev–Trinajstić information content (AvgIpc) is 3.03. The monoisotopic (exact) mass is 376 g/mol. The fourth-order valence-electron chi connectivity index (χ4n) is 4.63. The Hall–Kier alpha value is -2.80. The van der Waals surface area contributed by atoms with Crippen LogP contribution in [-0.4, -0.2) is 61.0 Å². The molecule has 144 valence electrons. The summed E-state index contributed by atoms with van der Waals surface area (Å²) in [6, 6.07) is 8.14. The van der Waals surface area contributed by atoms with Gasteiger partial charge in [0.1, 0.15) is 0 Å². The second-order valence-corrected chi connectivity index (χ2v) is 7.93. The number of hydrogen-bond donors (Lipinski definition) is 0. The van der Waals surface area contributed by atoms with Gasteiger partial charge < -0.3 is 4.90 Å². The third-order valence-corrected chi connectivity index (χ3v) is 6.05. The van der Waals surface area contributed by atoms with Crippen LogP contribution < -0.4 is 0 Å². The summed E-state index contributed by atoms with van der Waals surface area (Å²) in [6.45, 7) is 5.52. The Morgan fingerprint density at radius 3 is 2.89 bits per heavy atom. The standard InChI is InChI=1S/C21H24N6O/c1-15-19(10-23-20-7-9-24-27(15)20)21(28)26-12-16-5-6-18(26)14-25(11-16)13-17-4-2-3-8-22-17/h2-4,7-10,16,18H,5-6,11-14H2,1H3/t16-,18+/m0/s1. The van der Waals surface area contributed by atoms with Gasteiger partial charge in [0.25, 0.3) is 5.91 Å². The smallest absolute Gasteiger partial charge is 0.257 e. The van der Waals surface area contributed by atoms with Gasteiger partial charge in [-0.1, -0.05) is 6.07 Å². The molecule has 0 spiro atoms. The molecule has 2 atom stereocenters. The number of aryl methyl sites for hydroxylation is 1. The van der Waals surface area contributed by atoms with Crippen molar-refractivity contribution in [3.8, 4) is 0 Å². The molecule has 7 heteroatoms. The molecular formula is C21H24N6O. The van der Waals surface area contributed by atoms with Crippen molar-refractivity contribution in [1.82, 2.24) is 29.4 Å². The first kappa shape index (κ1) is 17.3. The van der Waals surface area contributed by atoms with Crippen molar-refractivity contribution < 1.29 is 4.79 Å². The Balaban J connectivity index is 1.38. The number of carbonyl (C=O) groups excluding carboxylic acids is 1. The maximum atomic E-state index is 13.4. The molecule has 0 aliphatic carbocycles. The minimum absolute atomic E-state index is 0.0804. The van der Waals surface area contributed by atoms with Crippen molar-refractivity contribution in [3.63, 3.8) is 0 Å². The highest BCUT2D eigenvalue weighted by Gasteiger charge is 2.38. The van der Waals surface area contributed by atoms with E-state index in [0.29, 0.717) is 11.5 Å². The van der Waals surface area contributed by atoms with Crippen molar-refractivity contribution >= 4 is 11.6 Å². The lowest BCUT2D eigenvalue weighted by atomic mass is 9.94. The highest BCUT2D eigenvalue weighted by molar-refractivity contribution is 5.95. The van der Waals surface area contributed by atoms with Gasteiger partial charge in [-0.25, -0.2) is 9.50 Å². The summed E-state index contributed by atoms with van der Waals surface area (Å²) in [5.41, 5.74) is 3.37. The van der Waals surface area contributed by atoms with E-state index in [1.54, 1.807) is 16.9 Å². The number of fused-ring (bicyclic) bond motifs is 5. The number of aromatic nitrogens is 4. The van der Waals surface area contributed by atoms with E-state index in [1.807, 2.05) is 31.3 Å². The molecule has 3 aliphatic heterocycles. The first-order chi connectivity index (χ1) is 13.7. The average molecular weight is 376 g/mol. The first-order valence-electron chi connectivity index (χ1n) is 9.91. The highest BCUT2D eigenvalue weighted by Crippen LogP contribution is 2.30. The minimum atomic E-state index is 0.0804. The lowest BCUT2D eigenvalue weighted by Crippen LogP contribution is -2.47. The van der Waals surface area contributed by atoms with Gasteiger partial charge in [-0.3, -0.25) is 14.7 Å². The maximum absolute atomic E-state index is 13.4. The summed E-state index contributed by atoms with van der Waals surface area (Å²) in [7, 11) is 0. The van der Waals surface area contributed by atoms with E-state index in [4.69, 9.17) is 0 Å². The quantitative estimate of drug-likeness (QED) is 0.701. The zero-order chi connectivity index (χ0) is 19.1. The molecule has 0 saturated carbocycles. The van der Waals surface area contributed by atoms with Gasteiger partial charge in [-0.15, -0.1) is 0 Å². The Kier molecular flexibility index (Phi) is 4.31. The van der Waals surface area contributed by atoms with Gasteiger partial charge in [-0.2, -0.15) is 5.10 Å². The van der Waals surface area contributed by atoms with Crippen LogP contribution in [0.1, 0.15) is 34.6 Å². The second-order valence-electron chi connectivity index (χ2n) is 7.93. The van der Waals surface area contributed by atoms with E-state index in [2.05, 4.69) is 30.9 Å². The maximum Gasteiger partial charge on any atom is 0.257 e. The van der Waals surface area contributed by atoms with Crippen LogP contribution in [0, 0.1) is 12.8 Å². The summed E-state index contributed by atoms with van der Waals surface area (Å²) >= 11 is 0. The molecule has 6 heterocycles. The fraction of sp³-hybridized carbons (Fsp3) is 0.429. The van der Waals surface area contributed by atoms with Gasteiger partial charge in [0, 0.05) is 50.7 Å². The predicted molar refractivity (Wildman–Crippen MR) is 105 cm³/mol. The summed E-state index contributed by atoms with van der Waals surface area (Å²) in [4.78, 5) is 26.8. The number of amides is 1. The molecule has 6 rings (SSSR count). The number of rotatable bonds is 3. The van der Waals surface area contributed by atoms with Crippen LogP contribution in [-0.2, 0) is 6.54 Å². The minimum Gasteiger partial charge on any atom is -0.334 e. The number of nitrogens with zero attached hydrogens (tertiary/aromatic N) is 6. The number of carbonyl (C=O) groups is 1. The highest BCUT2D eigenvalue weighted by atomic mass is 16.2. The molecule has 3 fully saturated rings. The first-order valence-corrected chi connectivity index (χ1v) is 9.91. The van der Waals surface area contributed by atoms with Gasteiger partial charge in [0.05, 0.1) is 23.1 Å². The van der Waals surface area contributed by atoms with Gasteiger partial charge in [-0.05, 0) is 37.8 Å². The summed E-state index contributed by atoms with van der Waals surface area (Å²) in [5, 5.41) is 4.30. The Morgan fingerprint density at radius 2 is 2.04 bits per heavy atom. The largest absolute Gasteiger partial charge is 0.334 e. The molecule has 0 radical (unpaired) electrons. The van der Waals surface area contributed by atoms with E-state index in [-0.39, 0.29) is 11.9 Å². The van der Waals surface area contributed by atoms with Crippen molar-refractivity contribution in [3.05, 3.63) is 59.8 Å². The molecule has 2 bridgehead atoms. The van der Waals surface area contributed by atoms with Gasteiger partial charge in [0.2, 0.25) is 0 Å². The Labute approximate surface area is 164 Å². The number of pyridine rings is 1. The van der Waals surface area contributed by atoms with Gasteiger partial charge >= 0.3 is 0 Å². The van der Waals surface area contributed by atoms with Crippen molar-refractivity contribution in [2.24, 2.45) is 5.92 Å². The van der Waals surface area contributed by atoms with Crippen LogP contribution in [0.3, 0.4) is 0 Å². The molecule has 3 saturated heterocycles. The van der Waals surface area contributed by atoms with E-state index < -0.39 is 0 Å².